The Morgan fingerprint density at radius 2 is 1.90 bits per heavy atom. The van der Waals surface area contributed by atoms with Gasteiger partial charge in [-0.2, -0.15) is 5.10 Å². The third-order valence-corrected chi connectivity index (χ3v) is 3.33. The van der Waals surface area contributed by atoms with Crippen LogP contribution >= 0.6 is 0 Å². The van der Waals surface area contributed by atoms with Crippen LogP contribution in [0.5, 0.6) is 5.75 Å². The molecule has 0 fully saturated rings. The van der Waals surface area contributed by atoms with Crippen molar-refractivity contribution < 1.29 is 9.53 Å². The maximum absolute atomic E-state index is 12.5. The van der Waals surface area contributed by atoms with Crippen molar-refractivity contribution in [3.05, 3.63) is 60.3 Å². The van der Waals surface area contributed by atoms with Gasteiger partial charge in [0.05, 0.1) is 23.9 Å². The molecule has 0 aliphatic carbocycles. The van der Waals surface area contributed by atoms with E-state index in [1.807, 2.05) is 49.4 Å². The van der Waals surface area contributed by atoms with Crippen LogP contribution in [0, 0.1) is 0 Å². The summed E-state index contributed by atoms with van der Waals surface area (Å²) in [5, 5.41) is 5.32. The summed E-state index contributed by atoms with van der Waals surface area (Å²) in [5.41, 5.74) is 1.55. The normalized spacial score (nSPS) is 10.7. The molecule has 4 heteroatoms. The molecule has 0 radical (unpaired) electrons. The van der Waals surface area contributed by atoms with Gasteiger partial charge < -0.3 is 4.74 Å². The van der Waals surface area contributed by atoms with Crippen LogP contribution in [0.15, 0.2) is 54.7 Å². The molecule has 106 valence electrons. The molecule has 0 bridgehead atoms. The van der Waals surface area contributed by atoms with Crippen LogP contribution in [0.4, 0.5) is 0 Å². The number of nitrogens with zero attached hydrogens (tertiary/aromatic N) is 2. The van der Waals surface area contributed by atoms with E-state index >= 15 is 0 Å². The molecule has 0 aliphatic rings. The van der Waals surface area contributed by atoms with Crippen LogP contribution in [0.25, 0.3) is 10.9 Å². The average Bonchev–Trinajstić information content (AvgIpc) is 2.91. The molecule has 2 aromatic carbocycles. The molecular weight excluding hydrogens is 264 g/mol. The number of fused-ring (bicyclic) bond motifs is 1. The summed E-state index contributed by atoms with van der Waals surface area (Å²) < 4.78 is 7.24. The summed E-state index contributed by atoms with van der Waals surface area (Å²) in [6.45, 7) is 2.65. The van der Waals surface area contributed by atoms with Crippen molar-refractivity contribution in [2.45, 2.75) is 13.5 Å². The molecule has 0 saturated heterocycles. The zero-order valence-electron chi connectivity index (χ0n) is 11.8. The number of hydrogen-bond donors (Lipinski definition) is 0. The van der Waals surface area contributed by atoms with Crippen LogP contribution in [-0.2, 0) is 6.54 Å². The number of carbonyl (C=O) groups excluding carboxylic acids is 1. The number of benzene rings is 2. The topological polar surface area (TPSA) is 44.1 Å². The number of para-hydroxylation sites is 2. The Labute approximate surface area is 123 Å². The number of rotatable bonds is 5. The number of carbonyl (C=O) groups is 1. The molecule has 0 spiro atoms. The van der Waals surface area contributed by atoms with E-state index < -0.39 is 0 Å². The Hall–Kier alpha value is -2.62. The summed E-state index contributed by atoms with van der Waals surface area (Å²) in [7, 11) is 0. The molecule has 21 heavy (non-hydrogen) atoms. The van der Waals surface area contributed by atoms with Crippen molar-refractivity contribution in [2.24, 2.45) is 0 Å². The quantitative estimate of drug-likeness (QED) is 0.673. The molecule has 0 unspecified atom stereocenters. The lowest BCUT2D eigenvalue weighted by Gasteiger charge is -2.09. The molecule has 0 N–H and O–H groups in total. The Kier molecular flexibility index (Phi) is 3.69. The fourth-order valence-corrected chi connectivity index (χ4v) is 2.35. The van der Waals surface area contributed by atoms with Crippen molar-refractivity contribution >= 4 is 16.7 Å². The molecule has 3 rings (SSSR count). The van der Waals surface area contributed by atoms with Crippen molar-refractivity contribution in [1.82, 2.24) is 9.78 Å². The van der Waals surface area contributed by atoms with Crippen LogP contribution in [0.2, 0.25) is 0 Å². The smallest absolute Gasteiger partial charge is 0.188 e. The van der Waals surface area contributed by atoms with Crippen molar-refractivity contribution in [3.8, 4) is 5.75 Å². The highest BCUT2D eigenvalue weighted by atomic mass is 16.5. The van der Waals surface area contributed by atoms with Crippen LogP contribution < -0.4 is 4.74 Å². The number of hydrogen-bond acceptors (Lipinski definition) is 3. The maximum atomic E-state index is 12.5. The second kappa shape index (κ2) is 5.79. The predicted octanol–water partition coefficient (Wildman–Crippen LogP) is 3.32. The monoisotopic (exact) mass is 280 g/mol. The number of Topliss-reactive ketones (excluding diaryl/α,β-unsaturated/α-hetero) is 1. The largest absolute Gasteiger partial charge is 0.493 e. The van der Waals surface area contributed by atoms with Crippen molar-refractivity contribution in [1.29, 1.82) is 0 Å². The minimum absolute atomic E-state index is 0.00657. The minimum Gasteiger partial charge on any atom is -0.493 e. The van der Waals surface area contributed by atoms with Gasteiger partial charge in [0.15, 0.2) is 5.78 Å². The molecule has 0 aliphatic heterocycles. The van der Waals surface area contributed by atoms with E-state index in [2.05, 4.69) is 5.10 Å². The predicted molar refractivity (Wildman–Crippen MR) is 81.7 cm³/mol. The van der Waals surface area contributed by atoms with Crippen LogP contribution in [0.1, 0.15) is 17.3 Å². The fraction of sp³-hybridized carbons (Fsp3) is 0.176. The van der Waals surface area contributed by atoms with E-state index in [1.54, 1.807) is 16.9 Å². The Balaban J connectivity index is 1.90. The summed E-state index contributed by atoms with van der Waals surface area (Å²) in [6.07, 6.45) is 1.77. The zero-order chi connectivity index (χ0) is 14.7. The lowest BCUT2D eigenvalue weighted by molar-refractivity contribution is 0.0965. The summed E-state index contributed by atoms with van der Waals surface area (Å²) in [5.74, 6) is 0.620. The Morgan fingerprint density at radius 1 is 1.14 bits per heavy atom. The fourth-order valence-electron chi connectivity index (χ4n) is 2.35. The number of ketones is 1. The van der Waals surface area contributed by atoms with Gasteiger partial charge in [0.1, 0.15) is 12.3 Å². The number of ether oxygens (including phenoxy) is 1. The third-order valence-electron chi connectivity index (χ3n) is 3.33. The van der Waals surface area contributed by atoms with E-state index in [9.17, 15) is 4.79 Å². The lowest BCUT2D eigenvalue weighted by Crippen LogP contribution is -2.13. The molecule has 3 aromatic rings. The minimum atomic E-state index is -0.00657. The summed E-state index contributed by atoms with van der Waals surface area (Å²) in [4.78, 5) is 12.5. The highest BCUT2D eigenvalue weighted by Crippen LogP contribution is 2.20. The van der Waals surface area contributed by atoms with E-state index in [4.69, 9.17) is 4.74 Å². The Morgan fingerprint density at radius 3 is 2.76 bits per heavy atom. The van der Waals surface area contributed by atoms with Crippen molar-refractivity contribution in [3.63, 3.8) is 0 Å². The Bertz CT molecular complexity index is 777. The maximum Gasteiger partial charge on any atom is 0.188 e. The van der Waals surface area contributed by atoms with E-state index in [-0.39, 0.29) is 12.3 Å². The van der Waals surface area contributed by atoms with E-state index in [1.165, 1.54) is 0 Å². The van der Waals surface area contributed by atoms with Gasteiger partial charge >= 0.3 is 0 Å². The standard InChI is InChI=1S/C17H16N2O2/c1-2-21-17-10-6-4-8-14(17)16(20)12-19-15-9-5-3-7-13(15)11-18-19/h3-11H,2,12H2,1H3. The molecule has 0 atom stereocenters. The first kappa shape index (κ1) is 13.4. The van der Waals surface area contributed by atoms with Gasteiger partial charge in [-0.15, -0.1) is 0 Å². The van der Waals surface area contributed by atoms with Gasteiger partial charge in [0.2, 0.25) is 0 Å². The average molecular weight is 280 g/mol. The van der Waals surface area contributed by atoms with E-state index in [0.29, 0.717) is 17.9 Å². The first-order valence-corrected chi connectivity index (χ1v) is 6.95. The van der Waals surface area contributed by atoms with E-state index in [0.717, 1.165) is 10.9 Å². The molecule has 4 nitrogen and oxygen atoms in total. The van der Waals surface area contributed by atoms with Gasteiger partial charge in [-0.25, -0.2) is 0 Å². The molecule has 1 aromatic heterocycles. The van der Waals surface area contributed by atoms with Gasteiger partial charge in [0.25, 0.3) is 0 Å². The third kappa shape index (κ3) is 2.65. The summed E-state index contributed by atoms with van der Waals surface area (Å²) >= 11 is 0. The van der Waals surface area contributed by atoms with Crippen LogP contribution in [-0.4, -0.2) is 22.2 Å². The highest BCUT2D eigenvalue weighted by Gasteiger charge is 2.14. The van der Waals surface area contributed by atoms with Gasteiger partial charge in [-0.1, -0.05) is 30.3 Å². The number of aromatic nitrogens is 2. The second-order valence-corrected chi connectivity index (χ2v) is 4.71. The van der Waals surface area contributed by atoms with Gasteiger partial charge in [0, 0.05) is 5.39 Å². The second-order valence-electron chi connectivity index (χ2n) is 4.71. The van der Waals surface area contributed by atoms with Gasteiger partial charge in [-0.05, 0) is 25.1 Å². The lowest BCUT2D eigenvalue weighted by atomic mass is 10.1. The molecule has 0 amide bonds. The first-order valence-electron chi connectivity index (χ1n) is 6.95. The zero-order valence-corrected chi connectivity index (χ0v) is 11.8. The highest BCUT2D eigenvalue weighted by molar-refractivity contribution is 5.99. The molecular formula is C17H16N2O2. The van der Waals surface area contributed by atoms with Crippen LogP contribution in [0.3, 0.4) is 0 Å². The molecule has 1 heterocycles. The molecule has 0 saturated carbocycles. The first-order chi connectivity index (χ1) is 10.3. The SMILES string of the molecule is CCOc1ccccc1C(=O)Cn1ncc2ccccc21. The van der Waals surface area contributed by atoms with Crippen molar-refractivity contribution in [2.75, 3.05) is 6.61 Å². The summed E-state index contributed by atoms with van der Waals surface area (Å²) in [6, 6.07) is 15.2. The van der Waals surface area contributed by atoms with Gasteiger partial charge in [-0.3, -0.25) is 9.48 Å².